The molecule has 0 saturated carbocycles. The lowest BCUT2D eigenvalue weighted by Crippen LogP contribution is -2.37. The van der Waals surface area contributed by atoms with Gasteiger partial charge in [-0.25, -0.2) is 4.79 Å². The topological polar surface area (TPSA) is 84.9 Å². The van der Waals surface area contributed by atoms with E-state index in [0.29, 0.717) is 11.5 Å². The number of ether oxygens (including phenoxy) is 2. The number of para-hydroxylation sites is 2. The molecule has 2 amide bonds. The number of aryl methyl sites for hydroxylation is 1. The number of likely N-dealkylation sites (N-methyl/N-ethyl adjacent to an activating group) is 1. The number of hydrogen-bond donors (Lipinski definition) is 1. The Kier molecular flexibility index (Phi) is 8.18. The molecule has 3 rings (SSSR count). The first-order valence-electron chi connectivity index (χ1n) is 10.6. The van der Waals surface area contributed by atoms with Gasteiger partial charge in [0.15, 0.2) is 6.61 Å². The number of carbonyl (C=O) groups is 3. The van der Waals surface area contributed by atoms with E-state index in [-0.39, 0.29) is 18.0 Å². The van der Waals surface area contributed by atoms with E-state index >= 15 is 0 Å². The van der Waals surface area contributed by atoms with E-state index in [0.717, 1.165) is 17.7 Å². The van der Waals surface area contributed by atoms with Gasteiger partial charge in [0.2, 0.25) is 5.91 Å². The number of hydrogen-bond acceptors (Lipinski definition) is 5. The third-order valence-corrected chi connectivity index (χ3v) is 4.85. The summed E-state index contributed by atoms with van der Waals surface area (Å²) in [6, 6.07) is 23.2. The number of carbonyl (C=O) groups excluding carboxylic acids is 3. The minimum absolute atomic E-state index is 0.158. The van der Waals surface area contributed by atoms with Crippen LogP contribution < -0.4 is 10.1 Å². The lowest BCUT2D eigenvalue weighted by atomic mass is 10.1. The SMILES string of the molecule is CCc1ccccc1NC(=O)CN(C)C(=O)COC(=O)c1cccc(Oc2ccccc2)c1. The summed E-state index contributed by atoms with van der Waals surface area (Å²) in [7, 11) is 1.48. The molecular formula is C26H26N2O5. The summed E-state index contributed by atoms with van der Waals surface area (Å²) in [5, 5.41) is 2.81. The van der Waals surface area contributed by atoms with Crippen LogP contribution in [0.1, 0.15) is 22.8 Å². The van der Waals surface area contributed by atoms with Gasteiger partial charge in [0.1, 0.15) is 11.5 Å². The van der Waals surface area contributed by atoms with Crippen LogP contribution in [0.2, 0.25) is 0 Å². The summed E-state index contributed by atoms with van der Waals surface area (Å²) in [6.07, 6.45) is 0.777. The molecule has 7 nitrogen and oxygen atoms in total. The predicted octanol–water partition coefficient (Wildman–Crippen LogP) is 4.30. The number of anilines is 1. The average Bonchev–Trinajstić information content (AvgIpc) is 2.83. The van der Waals surface area contributed by atoms with Crippen LogP contribution >= 0.6 is 0 Å². The molecule has 3 aromatic carbocycles. The van der Waals surface area contributed by atoms with Gasteiger partial charge in [-0.3, -0.25) is 9.59 Å². The van der Waals surface area contributed by atoms with Gasteiger partial charge in [-0.2, -0.15) is 0 Å². The summed E-state index contributed by atoms with van der Waals surface area (Å²) in [4.78, 5) is 38.3. The first kappa shape index (κ1) is 23.5. The average molecular weight is 447 g/mol. The molecule has 0 heterocycles. The highest BCUT2D eigenvalue weighted by Crippen LogP contribution is 2.22. The van der Waals surface area contributed by atoms with Crippen LogP contribution in [0.4, 0.5) is 5.69 Å². The Morgan fingerprint density at radius 2 is 1.58 bits per heavy atom. The van der Waals surface area contributed by atoms with Crippen LogP contribution in [0.25, 0.3) is 0 Å². The van der Waals surface area contributed by atoms with Gasteiger partial charge in [-0.05, 0) is 48.4 Å². The molecule has 0 aliphatic carbocycles. The maximum atomic E-state index is 12.4. The smallest absolute Gasteiger partial charge is 0.338 e. The van der Waals surface area contributed by atoms with Crippen molar-refractivity contribution in [2.45, 2.75) is 13.3 Å². The van der Waals surface area contributed by atoms with Crippen molar-refractivity contribution in [1.29, 1.82) is 0 Å². The lowest BCUT2D eigenvalue weighted by molar-refractivity contribution is -0.136. The van der Waals surface area contributed by atoms with Crippen LogP contribution in [0.5, 0.6) is 11.5 Å². The van der Waals surface area contributed by atoms with Gasteiger partial charge in [0.25, 0.3) is 5.91 Å². The van der Waals surface area contributed by atoms with E-state index in [1.807, 2.05) is 49.4 Å². The highest BCUT2D eigenvalue weighted by Gasteiger charge is 2.17. The van der Waals surface area contributed by atoms with Crippen molar-refractivity contribution in [2.24, 2.45) is 0 Å². The molecule has 0 radical (unpaired) electrons. The van der Waals surface area contributed by atoms with Gasteiger partial charge < -0.3 is 19.7 Å². The molecule has 7 heteroatoms. The molecule has 0 aliphatic heterocycles. The largest absolute Gasteiger partial charge is 0.457 e. The molecule has 170 valence electrons. The second kappa shape index (κ2) is 11.5. The normalized spacial score (nSPS) is 10.2. The van der Waals surface area contributed by atoms with Crippen LogP contribution in [-0.2, 0) is 20.7 Å². The van der Waals surface area contributed by atoms with Gasteiger partial charge in [-0.1, -0.05) is 49.4 Å². The fourth-order valence-electron chi connectivity index (χ4n) is 3.08. The monoisotopic (exact) mass is 446 g/mol. The number of esters is 1. The number of nitrogens with zero attached hydrogens (tertiary/aromatic N) is 1. The second-order valence-electron chi connectivity index (χ2n) is 7.33. The molecule has 1 N–H and O–H groups in total. The quantitative estimate of drug-likeness (QED) is 0.496. The van der Waals surface area contributed by atoms with Crippen molar-refractivity contribution < 1.29 is 23.9 Å². The fraction of sp³-hybridized carbons (Fsp3) is 0.192. The third kappa shape index (κ3) is 6.93. The first-order valence-corrected chi connectivity index (χ1v) is 10.6. The lowest BCUT2D eigenvalue weighted by Gasteiger charge is -2.17. The minimum Gasteiger partial charge on any atom is -0.457 e. The first-order chi connectivity index (χ1) is 16.0. The third-order valence-electron chi connectivity index (χ3n) is 4.85. The molecule has 0 unspecified atom stereocenters. The van der Waals surface area contributed by atoms with Gasteiger partial charge in [0.05, 0.1) is 12.1 Å². The van der Waals surface area contributed by atoms with Crippen LogP contribution in [-0.4, -0.2) is 42.9 Å². The van der Waals surface area contributed by atoms with E-state index in [2.05, 4.69) is 5.32 Å². The van der Waals surface area contributed by atoms with Crippen molar-refractivity contribution in [3.63, 3.8) is 0 Å². The van der Waals surface area contributed by atoms with Gasteiger partial charge >= 0.3 is 5.97 Å². The number of rotatable bonds is 9. The number of nitrogens with one attached hydrogen (secondary N) is 1. The van der Waals surface area contributed by atoms with Gasteiger partial charge in [-0.15, -0.1) is 0 Å². The zero-order valence-corrected chi connectivity index (χ0v) is 18.6. The van der Waals surface area contributed by atoms with E-state index in [4.69, 9.17) is 9.47 Å². The molecule has 33 heavy (non-hydrogen) atoms. The number of benzene rings is 3. The van der Waals surface area contributed by atoms with E-state index in [1.54, 1.807) is 36.4 Å². The molecule has 0 fully saturated rings. The van der Waals surface area contributed by atoms with Crippen LogP contribution in [0.15, 0.2) is 78.9 Å². The van der Waals surface area contributed by atoms with Crippen molar-refractivity contribution in [3.8, 4) is 11.5 Å². The van der Waals surface area contributed by atoms with Crippen molar-refractivity contribution >= 4 is 23.5 Å². The zero-order chi connectivity index (χ0) is 23.6. The number of amides is 2. The standard InChI is InChI=1S/C26H26N2O5/c1-3-19-10-7-8-15-23(19)27-24(29)17-28(2)25(30)18-32-26(31)20-11-9-14-22(16-20)33-21-12-5-4-6-13-21/h4-16H,3,17-18H2,1-2H3,(H,27,29). The molecule has 0 atom stereocenters. The maximum Gasteiger partial charge on any atom is 0.338 e. The van der Waals surface area contributed by atoms with E-state index in [1.165, 1.54) is 11.9 Å². The molecule has 0 aromatic heterocycles. The van der Waals surface area contributed by atoms with Gasteiger partial charge in [0, 0.05) is 12.7 Å². The predicted molar refractivity (Wildman–Crippen MR) is 125 cm³/mol. The van der Waals surface area contributed by atoms with Crippen molar-refractivity contribution in [2.75, 3.05) is 25.5 Å². The molecule has 0 bridgehead atoms. The molecular weight excluding hydrogens is 420 g/mol. The summed E-state index contributed by atoms with van der Waals surface area (Å²) >= 11 is 0. The summed E-state index contributed by atoms with van der Waals surface area (Å²) in [6.45, 7) is 1.37. The van der Waals surface area contributed by atoms with Crippen molar-refractivity contribution in [1.82, 2.24) is 4.90 Å². The Morgan fingerprint density at radius 1 is 0.879 bits per heavy atom. The van der Waals surface area contributed by atoms with E-state index in [9.17, 15) is 14.4 Å². The summed E-state index contributed by atoms with van der Waals surface area (Å²) < 4.78 is 10.8. The molecule has 3 aromatic rings. The Hall–Kier alpha value is -4.13. The van der Waals surface area contributed by atoms with Crippen molar-refractivity contribution in [3.05, 3.63) is 90.0 Å². The highest BCUT2D eigenvalue weighted by atomic mass is 16.5. The second-order valence-corrected chi connectivity index (χ2v) is 7.33. The Bertz CT molecular complexity index is 1110. The fourth-order valence-corrected chi connectivity index (χ4v) is 3.08. The Labute approximate surface area is 192 Å². The Balaban J connectivity index is 1.50. The molecule has 0 spiro atoms. The zero-order valence-electron chi connectivity index (χ0n) is 18.6. The molecule has 0 aliphatic rings. The minimum atomic E-state index is -0.656. The van der Waals surface area contributed by atoms with E-state index < -0.39 is 18.5 Å². The molecule has 0 saturated heterocycles. The maximum absolute atomic E-state index is 12.4. The van der Waals surface area contributed by atoms with Crippen LogP contribution in [0, 0.1) is 0 Å². The summed E-state index contributed by atoms with van der Waals surface area (Å²) in [5.41, 5.74) is 1.98. The summed E-state index contributed by atoms with van der Waals surface area (Å²) in [5.74, 6) is -0.359. The Morgan fingerprint density at radius 3 is 2.33 bits per heavy atom. The van der Waals surface area contributed by atoms with Crippen LogP contribution in [0.3, 0.4) is 0 Å². The highest BCUT2D eigenvalue weighted by molar-refractivity contribution is 5.96.